The number of ether oxygens (including phenoxy) is 1. The van der Waals surface area contributed by atoms with Gasteiger partial charge in [-0.2, -0.15) is 0 Å². The summed E-state index contributed by atoms with van der Waals surface area (Å²) >= 11 is 0. The molecule has 0 fully saturated rings. The molecule has 5 heteroatoms. The summed E-state index contributed by atoms with van der Waals surface area (Å²) in [5, 5.41) is 2.55. The number of hydrogen-bond acceptors (Lipinski definition) is 4. The quantitative estimate of drug-likeness (QED) is 0.275. The molecule has 0 aliphatic heterocycles. The van der Waals surface area contributed by atoms with Crippen molar-refractivity contribution in [3.8, 4) is 17.0 Å². The van der Waals surface area contributed by atoms with Crippen molar-refractivity contribution in [2.24, 2.45) is 5.92 Å². The van der Waals surface area contributed by atoms with Crippen molar-refractivity contribution in [3.63, 3.8) is 0 Å². The van der Waals surface area contributed by atoms with Crippen molar-refractivity contribution in [2.45, 2.75) is 40.0 Å². The first-order chi connectivity index (χ1) is 14.2. The average molecular weight is 407 g/mol. The van der Waals surface area contributed by atoms with E-state index < -0.39 is 11.7 Å². The Labute approximate surface area is 178 Å². The van der Waals surface area contributed by atoms with Crippen molar-refractivity contribution in [3.05, 3.63) is 67.3 Å². The normalized spacial score (nSPS) is 11.8. The fourth-order valence-electron chi connectivity index (χ4n) is 3.34. The summed E-state index contributed by atoms with van der Waals surface area (Å²) in [7, 11) is 1.66. The minimum Gasteiger partial charge on any atom is -0.470 e. The second-order valence-electron chi connectivity index (χ2n) is 8.28. The number of aromatic nitrogens is 1. The van der Waals surface area contributed by atoms with Crippen LogP contribution in [0.2, 0.25) is 0 Å². The zero-order chi connectivity index (χ0) is 21.9. The third kappa shape index (κ3) is 4.74. The molecule has 0 atom stereocenters. The minimum absolute atomic E-state index is 0.494. The Morgan fingerprint density at radius 3 is 2.50 bits per heavy atom. The lowest BCUT2D eigenvalue weighted by molar-refractivity contribution is -0.240. The Hall–Kier alpha value is -3.05. The first-order valence-corrected chi connectivity index (χ1v) is 10.2. The van der Waals surface area contributed by atoms with E-state index in [0.29, 0.717) is 11.7 Å². The molecule has 0 unspecified atom stereocenters. The van der Waals surface area contributed by atoms with Crippen LogP contribution in [-0.2, 0) is 16.2 Å². The molecule has 0 saturated heterocycles. The average Bonchev–Trinajstić information content (AvgIpc) is 3.05. The molecule has 0 amide bonds. The maximum absolute atomic E-state index is 11.5. The SMILES string of the molecule is C=CC(=O)ON(C)C(C)(C)Oc1ccc2cc(-c3ccccc3)n(CC(C)C)c2c1. The topological polar surface area (TPSA) is 43.7 Å². The van der Waals surface area contributed by atoms with Gasteiger partial charge in [-0.25, -0.2) is 4.79 Å². The second kappa shape index (κ2) is 8.76. The van der Waals surface area contributed by atoms with Gasteiger partial charge in [-0.1, -0.05) is 50.8 Å². The molecule has 5 nitrogen and oxygen atoms in total. The van der Waals surface area contributed by atoms with Crippen LogP contribution in [0.1, 0.15) is 27.7 Å². The van der Waals surface area contributed by atoms with Crippen molar-refractivity contribution >= 4 is 16.9 Å². The van der Waals surface area contributed by atoms with Crippen LogP contribution in [0.3, 0.4) is 0 Å². The second-order valence-corrected chi connectivity index (χ2v) is 8.28. The van der Waals surface area contributed by atoms with E-state index in [1.165, 1.54) is 16.3 Å². The Kier molecular flexibility index (Phi) is 6.32. The van der Waals surface area contributed by atoms with Crippen LogP contribution in [0.25, 0.3) is 22.2 Å². The molecule has 0 aliphatic carbocycles. The highest BCUT2D eigenvalue weighted by molar-refractivity contribution is 5.88. The number of nitrogens with zero attached hydrogens (tertiary/aromatic N) is 2. The van der Waals surface area contributed by atoms with Crippen molar-refractivity contribution in [1.82, 2.24) is 9.63 Å². The number of carbonyl (C=O) groups is 1. The number of fused-ring (bicyclic) bond motifs is 1. The zero-order valence-corrected chi connectivity index (χ0v) is 18.4. The highest BCUT2D eigenvalue weighted by Gasteiger charge is 2.29. The zero-order valence-electron chi connectivity index (χ0n) is 18.4. The van der Waals surface area contributed by atoms with E-state index in [2.05, 4.69) is 67.5 Å². The summed E-state index contributed by atoms with van der Waals surface area (Å²) in [6, 6.07) is 18.7. The largest absolute Gasteiger partial charge is 0.470 e. The first-order valence-electron chi connectivity index (χ1n) is 10.2. The number of hydrogen-bond donors (Lipinski definition) is 0. The van der Waals surface area contributed by atoms with Gasteiger partial charge in [-0.05, 0) is 43.5 Å². The summed E-state index contributed by atoms with van der Waals surface area (Å²) in [6.45, 7) is 12.4. The van der Waals surface area contributed by atoms with Gasteiger partial charge in [0.1, 0.15) is 5.75 Å². The molecule has 0 saturated carbocycles. The molecular formula is C25H30N2O3. The van der Waals surface area contributed by atoms with Crippen LogP contribution < -0.4 is 4.74 Å². The minimum atomic E-state index is -0.857. The van der Waals surface area contributed by atoms with Gasteiger partial charge in [0.15, 0.2) is 5.72 Å². The van der Waals surface area contributed by atoms with Crippen molar-refractivity contribution < 1.29 is 14.4 Å². The predicted octanol–water partition coefficient (Wildman–Crippen LogP) is 5.66. The summed E-state index contributed by atoms with van der Waals surface area (Å²) in [5.41, 5.74) is 2.63. The molecular weight excluding hydrogens is 376 g/mol. The van der Waals surface area contributed by atoms with Gasteiger partial charge in [-0.3, -0.25) is 0 Å². The highest BCUT2D eigenvalue weighted by Crippen LogP contribution is 2.32. The molecule has 0 spiro atoms. The number of hydroxylamine groups is 2. The fraction of sp³-hybridized carbons (Fsp3) is 0.320. The molecule has 1 heterocycles. The standard InChI is InChI=1S/C25H30N2O3/c1-7-24(28)30-26(6)25(4,5)29-21-14-13-20-15-22(19-11-9-8-10-12-19)27(17-18(2)3)23(20)16-21/h7-16,18H,1,17H2,2-6H3. The van der Waals surface area contributed by atoms with Crippen LogP contribution in [-0.4, -0.2) is 28.4 Å². The lowest BCUT2D eigenvalue weighted by Gasteiger charge is -2.33. The van der Waals surface area contributed by atoms with E-state index >= 15 is 0 Å². The summed E-state index contributed by atoms with van der Waals surface area (Å²) in [6.07, 6.45) is 1.13. The fourth-order valence-corrected chi connectivity index (χ4v) is 3.34. The van der Waals surface area contributed by atoms with E-state index in [1.54, 1.807) is 7.05 Å². The lowest BCUT2D eigenvalue weighted by atomic mass is 10.1. The van der Waals surface area contributed by atoms with E-state index in [1.807, 2.05) is 26.0 Å². The predicted molar refractivity (Wildman–Crippen MR) is 121 cm³/mol. The molecule has 3 rings (SSSR count). The molecule has 1 aromatic heterocycles. The third-order valence-electron chi connectivity index (χ3n) is 5.01. The van der Waals surface area contributed by atoms with Crippen LogP contribution >= 0.6 is 0 Å². The monoisotopic (exact) mass is 406 g/mol. The van der Waals surface area contributed by atoms with Gasteiger partial charge in [-0.15, -0.1) is 5.06 Å². The highest BCUT2D eigenvalue weighted by atomic mass is 16.7. The molecule has 158 valence electrons. The van der Waals surface area contributed by atoms with Crippen molar-refractivity contribution in [1.29, 1.82) is 0 Å². The molecule has 0 radical (unpaired) electrons. The van der Waals surface area contributed by atoms with E-state index in [-0.39, 0.29) is 0 Å². The number of rotatable bonds is 8. The van der Waals surface area contributed by atoms with Gasteiger partial charge in [0, 0.05) is 36.8 Å². The van der Waals surface area contributed by atoms with E-state index in [9.17, 15) is 4.79 Å². The summed E-state index contributed by atoms with van der Waals surface area (Å²) in [4.78, 5) is 16.7. The number of carbonyl (C=O) groups excluding carboxylic acids is 1. The van der Waals surface area contributed by atoms with Gasteiger partial charge >= 0.3 is 5.97 Å². The Morgan fingerprint density at radius 1 is 1.17 bits per heavy atom. The van der Waals surface area contributed by atoms with Crippen LogP contribution in [0.4, 0.5) is 0 Å². The third-order valence-corrected chi connectivity index (χ3v) is 5.01. The van der Waals surface area contributed by atoms with Gasteiger partial charge in [0.25, 0.3) is 0 Å². The van der Waals surface area contributed by atoms with E-state index in [4.69, 9.17) is 9.57 Å². The van der Waals surface area contributed by atoms with Crippen molar-refractivity contribution in [2.75, 3.05) is 7.05 Å². The van der Waals surface area contributed by atoms with Gasteiger partial charge in [0.2, 0.25) is 0 Å². The Bertz CT molecular complexity index is 1040. The van der Waals surface area contributed by atoms with Crippen LogP contribution in [0.5, 0.6) is 5.75 Å². The van der Waals surface area contributed by atoms with E-state index in [0.717, 1.165) is 23.5 Å². The van der Waals surface area contributed by atoms with Gasteiger partial charge in [0.05, 0.1) is 5.52 Å². The maximum atomic E-state index is 11.5. The molecule has 0 bridgehead atoms. The molecule has 0 aliphatic rings. The Morgan fingerprint density at radius 2 is 1.87 bits per heavy atom. The lowest BCUT2D eigenvalue weighted by Crippen LogP contribution is -2.46. The molecule has 30 heavy (non-hydrogen) atoms. The molecule has 0 N–H and O–H groups in total. The summed E-state index contributed by atoms with van der Waals surface area (Å²) < 4.78 is 8.54. The van der Waals surface area contributed by atoms with Gasteiger partial charge < -0.3 is 14.1 Å². The molecule has 2 aromatic carbocycles. The molecule has 3 aromatic rings. The smallest absolute Gasteiger partial charge is 0.349 e. The number of benzene rings is 2. The summed E-state index contributed by atoms with van der Waals surface area (Å²) in [5.74, 6) is 0.674. The van der Waals surface area contributed by atoms with Crippen LogP contribution in [0, 0.1) is 5.92 Å². The first kappa shape index (κ1) is 21.7. The van der Waals surface area contributed by atoms with Crippen LogP contribution in [0.15, 0.2) is 67.3 Å². The Balaban J connectivity index is 1.98. The maximum Gasteiger partial charge on any atom is 0.349 e.